The van der Waals surface area contributed by atoms with Crippen LogP contribution in [-0.2, 0) is 0 Å². The summed E-state index contributed by atoms with van der Waals surface area (Å²) in [5, 5.41) is 3.03. The predicted molar refractivity (Wildman–Crippen MR) is 65.1 cm³/mol. The van der Waals surface area contributed by atoms with Crippen LogP contribution in [0, 0.1) is 0 Å². The molecule has 5 nitrogen and oxygen atoms in total. The summed E-state index contributed by atoms with van der Waals surface area (Å²) >= 11 is 0. The first-order valence-electron chi connectivity index (χ1n) is 5.70. The van der Waals surface area contributed by atoms with E-state index >= 15 is 0 Å². The van der Waals surface area contributed by atoms with Gasteiger partial charge in [0.1, 0.15) is 12.4 Å². The van der Waals surface area contributed by atoms with E-state index in [1.54, 1.807) is 6.07 Å². The average molecular weight is 256 g/mol. The number of rotatable bonds is 9. The van der Waals surface area contributed by atoms with Crippen LogP contribution in [0.5, 0.6) is 11.6 Å². The molecule has 0 aliphatic carbocycles. The molecule has 0 aliphatic rings. The molecule has 0 bridgehead atoms. The lowest BCUT2D eigenvalue weighted by Gasteiger charge is -2.08. The molecule has 1 heterocycles. The third-order valence-corrected chi connectivity index (χ3v) is 2.23. The minimum atomic E-state index is -0.320. The summed E-state index contributed by atoms with van der Waals surface area (Å²) in [6.45, 7) is 1.34. The SMILES string of the molecule is COc1cc(OCCNCCCF)ncc1C=O. The highest BCUT2D eigenvalue weighted by Gasteiger charge is 2.05. The lowest BCUT2D eigenvalue weighted by Crippen LogP contribution is -2.22. The van der Waals surface area contributed by atoms with E-state index in [-0.39, 0.29) is 6.67 Å². The molecule has 0 fully saturated rings. The standard InChI is InChI=1S/C12H17FN2O3/c1-17-11-7-12(15-8-10(11)9-16)18-6-5-14-4-2-3-13/h7-9,14H,2-6H2,1H3. The van der Waals surface area contributed by atoms with Gasteiger partial charge in [-0.1, -0.05) is 0 Å². The molecule has 0 aromatic carbocycles. The third-order valence-electron chi connectivity index (χ3n) is 2.23. The molecule has 1 aromatic heterocycles. The molecule has 0 amide bonds. The molecular formula is C12H17FN2O3. The number of methoxy groups -OCH3 is 1. The highest BCUT2D eigenvalue weighted by molar-refractivity contribution is 5.78. The van der Waals surface area contributed by atoms with Crippen LogP contribution in [0.3, 0.4) is 0 Å². The highest BCUT2D eigenvalue weighted by Crippen LogP contribution is 2.20. The Morgan fingerprint density at radius 3 is 3.00 bits per heavy atom. The molecule has 0 aliphatic heterocycles. The molecule has 1 rings (SSSR count). The molecular weight excluding hydrogens is 239 g/mol. The van der Waals surface area contributed by atoms with Crippen molar-refractivity contribution >= 4 is 6.29 Å². The zero-order valence-corrected chi connectivity index (χ0v) is 10.3. The Labute approximate surface area is 105 Å². The van der Waals surface area contributed by atoms with Crippen molar-refractivity contribution in [1.82, 2.24) is 10.3 Å². The zero-order chi connectivity index (χ0) is 13.2. The Balaban J connectivity index is 2.36. The maximum absolute atomic E-state index is 11.8. The molecule has 0 unspecified atom stereocenters. The second-order valence-electron chi connectivity index (χ2n) is 3.52. The van der Waals surface area contributed by atoms with Gasteiger partial charge in [-0.05, 0) is 13.0 Å². The topological polar surface area (TPSA) is 60.5 Å². The monoisotopic (exact) mass is 256 g/mol. The van der Waals surface area contributed by atoms with Crippen molar-refractivity contribution < 1.29 is 18.7 Å². The van der Waals surface area contributed by atoms with Gasteiger partial charge < -0.3 is 14.8 Å². The van der Waals surface area contributed by atoms with Crippen molar-refractivity contribution in [3.05, 3.63) is 17.8 Å². The lowest BCUT2D eigenvalue weighted by molar-refractivity contribution is 0.112. The van der Waals surface area contributed by atoms with Crippen LogP contribution in [0.4, 0.5) is 4.39 Å². The van der Waals surface area contributed by atoms with E-state index in [2.05, 4.69) is 10.3 Å². The minimum absolute atomic E-state index is 0.320. The maximum atomic E-state index is 11.8. The molecule has 18 heavy (non-hydrogen) atoms. The van der Waals surface area contributed by atoms with Crippen LogP contribution in [-0.4, -0.2) is 44.8 Å². The normalized spacial score (nSPS) is 10.1. The van der Waals surface area contributed by atoms with Crippen LogP contribution >= 0.6 is 0 Å². The number of hydrogen-bond acceptors (Lipinski definition) is 5. The second-order valence-corrected chi connectivity index (χ2v) is 3.52. The van der Waals surface area contributed by atoms with Gasteiger partial charge >= 0.3 is 0 Å². The second kappa shape index (κ2) is 8.41. The molecule has 6 heteroatoms. The number of ether oxygens (including phenoxy) is 2. The number of nitrogens with one attached hydrogen (secondary N) is 1. The van der Waals surface area contributed by atoms with E-state index in [1.165, 1.54) is 13.3 Å². The number of pyridine rings is 1. The van der Waals surface area contributed by atoms with Crippen LogP contribution < -0.4 is 14.8 Å². The number of halogens is 1. The van der Waals surface area contributed by atoms with Crippen molar-refractivity contribution in [2.45, 2.75) is 6.42 Å². The molecule has 0 saturated carbocycles. The Kier molecular flexibility index (Phi) is 6.71. The van der Waals surface area contributed by atoms with Crippen molar-refractivity contribution in [2.75, 3.05) is 33.5 Å². The third kappa shape index (κ3) is 4.67. The summed E-state index contributed by atoms with van der Waals surface area (Å²) in [6, 6.07) is 1.56. The Bertz CT molecular complexity index is 374. The fourth-order valence-electron chi connectivity index (χ4n) is 1.32. The van der Waals surface area contributed by atoms with Crippen LogP contribution in [0.1, 0.15) is 16.8 Å². The summed E-state index contributed by atoms with van der Waals surface area (Å²) in [5.74, 6) is 0.824. The van der Waals surface area contributed by atoms with Gasteiger partial charge in [-0.2, -0.15) is 0 Å². The van der Waals surface area contributed by atoms with Gasteiger partial charge in [0.2, 0.25) is 5.88 Å². The maximum Gasteiger partial charge on any atom is 0.217 e. The number of aldehydes is 1. The first-order valence-corrected chi connectivity index (χ1v) is 5.70. The van der Waals surface area contributed by atoms with Crippen LogP contribution in [0.15, 0.2) is 12.3 Å². The number of alkyl halides is 1. The van der Waals surface area contributed by atoms with Crippen molar-refractivity contribution in [2.24, 2.45) is 0 Å². The van der Waals surface area contributed by atoms with Gasteiger partial charge in [0.15, 0.2) is 6.29 Å². The van der Waals surface area contributed by atoms with E-state index in [1.807, 2.05) is 0 Å². The smallest absolute Gasteiger partial charge is 0.217 e. The number of aromatic nitrogens is 1. The van der Waals surface area contributed by atoms with E-state index in [0.29, 0.717) is 49.6 Å². The first-order chi connectivity index (χ1) is 8.81. The molecule has 0 radical (unpaired) electrons. The van der Waals surface area contributed by atoms with Gasteiger partial charge in [0.25, 0.3) is 0 Å². The van der Waals surface area contributed by atoms with Crippen LogP contribution in [0.2, 0.25) is 0 Å². The number of hydrogen-bond donors (Lipinski definition) is 1. The van der Waals surface area contributed by atoms with Gasteiger partial charge in [0, 0.05) is 18.8 Å². The predicted octanol–water partition coefficient (Wildman–Crippen LogP) is 1.23. The molecule has 100 valence electrons. The fourth-order valence-corrected chi connectivity index (χ4v) is 1.32. The van der Waals surface area contributed by atoms with E-state index < -0.39 is 0 Å². The van der Waals surface area contributed by atoms with Crippen molar-refractivity contribution in [1.29, 1.82) is 0 Å². The van der Waals surface area contributed by atoms with Gasteiger partial charge in [-0.25, -0.2) is 4.98 Å². The Morgan fingerprint density at radius 1 is 1.50 bits per heavy atom. The Morgan fingerprint density at radius 2 is 2.33 bits per heavy atom. The quantitative estimate of drug-likeness (QED) is 0.532. The summed E-state index contributed by atoms with van der Waals surface area (Å²) < 4.78 is 22.2. The van der Waals surface area contributed by atoms with Gasteiger partial charge in [-0.15, -0.1) is 0 Å². The summed E-state index contributed by atoms with van der Waals surface area (Å²) in [5.41, 5.74) is 0.380. The van der Waals surface area contributed by atoms with Crippen LogP contribution in [0.25, 0.3) is 0 Å². The zero-order valence-electron chi connectivity index (χ0n) is 10.3. The summed E-state index contributed by atoms with van der Waals surface area (Å²) in [6.07, 6.45) is 2.58. The minimum Gasteiger partial charge on any atom is -0.496 e. The number of nitrogens with zero attached hydrogens (tertiary/aromatic N) is 1. The molecule has 0 saturated heterocycles. The lowest BCUT2D eigenvalue weighted by atomic mass is 10.3. The first kappa shape index (κ1) is 14.4. The number of carbonyl (C=O) groups is 1. The average Bonchev–Trinajstić information content (AvgIpc) is 2.42. The van der Waals surface area contributed by atoms with Crippen molar-refractivity contribution in [3.8, 4) is 11.6 Å². The fraction of sp³-hybridized carbons (Fsp3) is 0.500. The number of carbonyl (C=O) groups excluding carboxylic acids is 1. The summed E-state index contributed by atoms with van der Waals surface area (Å²) in [4.78, 5) is 14.6. The van der Waals surface area contributed by atoms with Gasteiger partial charge in [0.05, 0.1) is 19.3 Å². The molecule has 1 aromatic rings. The molecule has 1 N–H and O–H groups in total. The Hall–Kier alpha value is -1.69. The highest BCUT2D eigenvalue weighted by atomic mass is 19.1. The van der Waals surface area contributed by atoms with Gasteiger partial charge in [-0.3, -0.25) is 9.18 Å². The largest absolute Gasteiger partial charge is 0.496 e. The molecule has 0 spiro atoms. The van der Waals surface area contributed by atoms with Crippen molar-refractivity contribution in [3.63, 3.8) is 0 Å². The van der Waals surface area contributed by atoms with E-state index in [0.717, 1.165) is 0 Å². The molecule has 0 atom stereocenters. The van der Waals surface area contributed by atoms with E-state index in [9.17, 15) is 9.18 Å². The summed E-state index contributed by atoms with van der Waals surface area (Å²) in [7, 11) is 1.48. The van der Waals surface area contributed by atoms with E-state index in [4.69, 9.17) is 9.47 Å².